The molecular weight excluding hydrogens is 212 g/mol. The molecular formula is C13H22N4. The van der Waals surface area contributed by atoms with Crippen molar-refractivity contribution in [1.29, 1.82) is 0 Å². The SMILES string of the molecule is CCCn1nncc1C1=CC(N)CC(C)(C)C1. The Labute approximate surface area is 103 Å². The van der Waals surface area contributed by atoms with Gasteiger partial charge in [-0.2, -0.15) is 0 Å². The first-order valence-electron chi connectivity index (χ1n) is 6.37. The topological polar surface area (TPSA) is 56.7 Å². The fourth-order valence-electron chi connectivity index (χ4n) is 2.66. The zero-order valence-electron chi connectivity index (χ0n) is 11.0. The Bertz CT molecular complexity index is 417. The maximum Gasteiger partial charge on any atom is 0.0842 e. The summed E-state index contributed by atoms with van der Waals surface area (Å²) in [5.74, 6) is 0. The highest BCUT2D eigenvalue weighted by molar-refractivity contribution is 5.64. The average molecular weight is 234 g/mol. The van der Waals surface area contributed by atoms with E-state index < -0.39 is 0 Å². The first-order valence-corrected chi connectivity index (χ1v) is 6.37. The van der Waals surface area contributed by atoms with Crippen molar-refractivity contribution < 1.29 is 0 Å². The largest absolute Gasteiger partial charge is 0.324 e. The van der Waals surface area contributed by atoms with Gasteiger partial charge in [-0.3, -0.25) is 0 Å². The zero-order valence-corrected chi connectivity index (χ0v) is 11.0. The maximum atomic E-state index is 6.10. The third kappa shape index (κ3) is 2.75. The molecule has 0 saturated carbocycles. The molecule has 0 amide bonds. The van der Waals surface area contributed by atoms with Crippen molar-refractivity contribution >= 4 is 5.57 Å². The molecule has 0 aromatic carbocycles. The van der Waals surface area contributed by atoms with Gasteiger partial charge in [0.2, 0.25) is 0 Å². The molecule has 94 valence electrons. The summed E-state index contributed by atoms with van der Waals surface area (Å²) in [7, 11) is 0. The summed E-state index contributed by atoms with van der Waals surface area (Å²) < 4.78 is 1.99. The lowest BCUT2D eigenvalue weighted by molar-refractivity contribution is 0.317. The molecule has 1 heterocycles. The second-order valence-corrected chi connectivity index (χ2v) is 5.74. The summed E-state index contributed by atoms with van der Waals surface area (Å²) in [5, 5.41) is 8.16. The van der Waals surface area contributed by atoms with E-state index in [0.717, 1.165) is 31.5 Å². The first kappa shape index (κ1) is 12.3. The van der Waals surface area contributed by atoms with E-state index >= 15 is 0 Å². The normalized spacial score (nSPS) is 23.5. The number of rotatable bonds is 3. The van der Waals surface area contributed by atoms with Crippen LogP contribution in [0, 0.1) is 5.41 Å². The molecule has 1 unspecified atom stereocenters. The summed E-state index contributed by atoms with van der Waals surface area (Å²) >= 11 is 0. The van der Waals surface area contributed by atoms with Crippen LogP contribution in [0.15, 0.2) is 12.3 Å². The van der Waals surface area contributed by atoms with Crippen LogP contribution in [-0.4, -0.2) is 21.0 Å². The van der Waals surface area contributed by atoms with Crippen molar-refractivity contribution in [1.82, 2.24) is 15.0 Å². The van der Waals surface area contributed by atoms with Gasteiger partial charge in [0, 0.05) is 12.6 Å². The highest BCUT2D eigenvalue weighted by Crippen LogP contribution is 2.38. The van der Waals surface area contributed by atoms with Gasteiger partial charge in [-0.15, -0.1) is 5.10 Å². The van der Waals surface area contributed by atoms with Crippen LogP contribution in [0.3, 0.4) is 0 Å². The standard InChI is InChI=1S/C13H22N4/c1-4-5-17-12(9-15-16-17)10-6-11(14)8-13(2,3)7-10/h6,9,11H,4-5,7-8,14H2,1-3H3. The summed E-state index contributed by atoms with van der Waals surface area (Å²) in [5.41, 5.74) is 8.81. The van der Waals surface area contributed by atoms with Crippen molar-refractivity contribution in [2.75, 3.05) is 0 Å². The van der Waals surface area contributed by atoms with Crippen LogP contribution in [0.1, 0.15) is 45.7 Å². The molecule has 1 aromatic rings. The molecule has 0 spiro atoms. The van der Waals surface area contributed by atoms with Gasteiger partial charge in [0.15, 0.2) is 0 Å². The van der Waals surface area contributed by atoms with Crippen LogP contribution in [0.4, 0.5) is 0 Å². The molecule has 1 aromatic heterocycles. The minimum absolute atomic E-state index is 0.152. The summed E-state index contributed by atoms with van der Waals surface area (Å²) in [6, 6.07) is 0.152. The van der Waals surface area contributed by atoms with Crippen molar-refractivity contribution in [2.45, 2.75) is 52.6 Å². The number of hydrogen-bond donors (Lipinski definition) is 1. The minimum atomic E-state index is 0.152. The van der Waals surface area contributed by atoms with Crippen molar-refractivity contribution in [3.63, 3.8) is 0 Å². The van der Waals surface area contributed by atoms with E-state index in [1.807, 2.05) is 10.9 Å². The number of nitrogens with two attached hydrogens (primary N) is 1. The van der Waals surface area contributed by atoms with Gasteiger partial charge in [-0.25, -0.2) is 4.68 Å². The molecule has 0 bridgehead atoms. The van der Waals surface area contributed by atoms with Crippen LogP contribution in [0.2, 0.25) is 0 Å². The first-order chi connectivity index (χ1) is 8.02. The van der Waals surface area contributed by atoms with Gasteiger partial charge < -0.3 is 5.73 Å². The van der Waals surface area contributed by atoms with Gasteiger partial charge >= 0.3 is 0 Å². The van der Waals surface area contributed by atoms with E-state index in [0.29, 0.717) is 0 Å². The van der Waals surface area contributed by atoms with Gasteiger partial charge in [0.1, 0.15) is 0 Å². The van der Waals surface area contributed by atoms with Gasteiger partial charge in [0.05, 0.1) is 11.9 Å². The molecule has 4 heteroatoms. The molecule has 1 atom stereocenters. The Balaban J connectivity index is 2.29. The Morgan fingerprint density at radius 2 is 2.29 bits per heavy atom. The van der Waals surface area contributed by atoms with Crippen molar-refractivity contribution in [2.24, 2.45) is 11.1 Å². The number of nitrogens with zero attached hydrogens (tertiary/aromatic N) is 3. The van der Waals surface area contributed by atoms with E-state index in [1.54, 1.807) is 0 Å². The predicted molar refractivity (Wildman–Crippen MR) is 69.3 cm³/mol. The third-order valence-electron chi connectivity index (χ3n) is 3.25. The predicted octanol–water partition coefficient (Wildman–Crippen LogP) is 2.22. The monoisotopic (exact) mass is 234 g/mol. The van der Waals surface area contributed by atoms with Crippen LogP contribution in [-0.2, 0) is 6.54 Å². The number of aryl methyl sites for hydroxylation is 1. The molecule has 1 aliphatic rings. The van der Waals surface area contributed by atoms with E-state index in [4.69, 9.17) is 5.73 Å². The molecule has 2 N–H and O–H groups in total. The number of hydrogen-bond acceptors (Lipinski definition) is 3. The second-order valence-electron chi connectivity index (χ2n) is 5.74. The Kier molecular flexibility index (Phi) is 3.33. The van der Waals surface area contributed by atoms with Crippen LogP contribution >= 0.6 is 0 Å². The van der Waals surface area contributed by atoms with E-state index in [1.165, 1.54) is 5.57 Å². The molecule has 0 radical (unpaired) electrons. The third-order valence-corrected chi connectivity index (χ3v) is 3.25. The van der Waals surface area contributed by atoms with Crippen LogP contribution in [0.25, 0.3) is 5.57 Å². The summed E-state index contributed by atoms with van der Waals surface area (Å²) in [6.07, 6.45) is 7.20. The van der Waals surface area contributed by atoms with Crippen LogP contribution < -0.4 is 5.73 Å². The second kappa shape index (κ2) is 4.61. The number of aromatic nitrogens is 3. The van der Waals surface area contributed by atoms with Crippen molar-refractivity contribution in [3.05, 3.63) is 18.0 Å². The summed E-state index contributed by atoms with van der Waals surface area (Å²) in [4.78, 5) is 0. The zero-order chi connectivity index (χ0) is 12.5. The molecule has 0 aliphatic heterocycles. The van der Waals surface area contributed by atoms with E-state index in [9.17, 15) is 0 Å². The van der Waals surface area contributed by atoms with Gasteiger partial charge in [0.25, 0.3) is 0 Å². The summed E-state index contributed by atoms with van der Waals surface area (Å²) in [6.45, 7) is 7.61. The van der Waals surface area contributed by atoms with Crippen molar-refractivity contribution in [3.8, 4) is 0 Å². The fraction of sp³-hybridized carbons (Fsp3) is 0.692. The van der Waals surface area contributed by atoms with E-state index in [-0.39, 0.29) is 11.5 Å². The van der Waals surface area contributed by atoms with Gasteiger partial charge in [-0.05, 0) is 30.3 Å². The molecule has 0 saturated heterocycles. The Hall–Kier alpha value is -1.16. The van der Waals surface area contributed by atoms with E-state index in [2.05, 4.69) is 37.2 Å². The van der Waals surface area contributed by atoms with Crippen LogP contribution in [0.5, 0.6) is 0 Å². The molecule has 2 rings (SSSR count). The fourth-order valence-corrected chi connectivity index (χ4v) is 2.66. The molecule has 17 heavy (non-hydrogen) atoms. The Morgan fingerprint density at radius 1 is 1.53 bits per heavy atom. The molecule has 1 aliphatic carbocycles. The maximum absolute atomic E-state index is 6.10. The molecule has 4 nitrogen and oxygen atoms in total. The lowest BCUT2D eigenvalue weighted by Crippen LogP contribution is -2.31. The lowest BCUT2D eigenvalue weighted by Gasteiger charge is -2.33. The lowest BCUT2D eigenvalue weighted by atomic mass is 9.75. The highest BCUT2D eigenvalue weighted by Gasteiger charge is 2.28. The smallest absolute Gasteiger partial charge is 0.0842 e. The van der Waals surface area contributed by atoms with Gasteiger partial charge in [-0.1, -0.05) is 32.1 Å². The highest BCUT2D eigenvalue weighted by atomic mass is 15.4. The number of allylic oxidation sites excluding steroid dienone is 1. The minimum Gasteiger partial charge on any atom is -0.324 e. The Morgan fingerprint density at radius 3 is 2.94 bits per heavy atom. The average Bonchev–Trinajstić information content (AvgIpc) is 2.63. The molecule has 0 fully saturated rings. The quantitative estimate of drug-likeness (QED) is 0.872.